The lowest BCUT2D eigenvalue weighted by atomic mass is 10.3. The molecule has 0 rings (SSSR count). The van der Waals surface area contributed by atoms with Gasteiger partial charge >= 0.3 is 7.60 Å². The van der Waals surface area contributed by atoms with Gasteiger partial charge in [0.05, 0.1) is 0 Å². The molecule has 10 heavy (non-hydrogen) atoms. The van der Waals surface area contributed by atoms with E-state index in [-0.39, 0.29) is 6.16 Å². The van der Waals surface area contributed by atoms with E-state index in [1.165, 1.54) is 0 Å². The minimum atomic E-state index is -3.82. The summed E-state index contributed by atoms with van der Waals surface area (Å²) in [4.78, 5) is 26.4. The number of hydrogen-bond acceptors (Lipinski definition) is 2. The van der Waals surface area contributed by atoms with E-state index in [0.717, 1.165) is 6.29 Å². The third-order valence-electron chi connectivity index (χ3n) is 1.02. The van der Waals surface area contributed by atoms with Crippen molar-refractivity contribution in [3.05, 3.63) is 0 Å². The maximum absolute atomic E-state index is 10.2. The summed E-state index contributed by atoms with van der Waals surface area (Å²) in [5, 5.41) is 0. The second-order valence-electron chi connectivity index (χ2n) is 2.05. The average molecular weight is 166 g/mol. The zero-order valence-corrected chi connectivity index (χ0v) is 6.46. The maximum atomic E-state index is 10.2. The van der Waals surface area contributed by atoms with E-state index in [2.05, 4.69) is 0 Å². The van der Waals surface area contributed by atoms with Crippen LogP contribution in [0.2, 0.25) is 0 Å². The molecule has 0 aliphatic heterocycles. The van der Waals surface area contributed by atoms with Crippen LogP contribution in [0.4, 0.5) is 0 Å². The average Bonchev–Trinajstić information content (AvgIpc) is 1.78. The first-order chi connectivity index (χ1) is 4.56. The van der Waals surface area contributed by atoms with Crippen molar-refractivity contribution in [3.8, 4) is 0 Å². The summed E-state index contributed by atoms with van der Waals surface area (Å²) in [5.74, 6) is 0. The molecule has 60 valence electrons. The Balaban J connectivity index is 3.20. The number of rotatable bonds is 5. The summed E-state index contributed by atoms with van der Waals surface area (Å²) in [6.07, 6.45) is 2.01. The van der Waals surface area contributed by atoms with E-state index in [0.29, 0.717) is 19.3 Å². The van der Waals surface area contributed by atoms with Crippen LogP contribution in [0.3, 0.4) is 0 Å². The van der Waals surface area contributed by atoms with Crippen molar-refractivity contribution in [1.29, 1.82) is 0 Å². The molecule has 2 N–H and O–H groups in total. The van der Waals surface area contributed by atoms with E-state index in [4.69, 9.17) is 9.79 Å². The van der Waals surface area contributed by atoms with Crippen molar-refractivity contribution in [2.24, 2.45) is 0 Å². The summed E-state index contributed by atoms with van der Waals surface area (Å²) in [6.45, 7) is 0. The molecule has 0 saturated heterocycles. The standard InChI is InChI=1S/C5H11O4P/c6-4-2-1-3-5-10(7,8)9/h4H,1-3,5H2,(H2,7,8,9). The number of carbonyl (C=O) groups is 1. The molecule has 0 unspecified atom stereocenters. The second kappa shape index (κ2) is 4.61. The minimum Gasteiger partial charge on any atom is -0.324 e. The molecule has 0 radical (unpaired) electrons. The van der Waals surface area contributed by atoms with Crippen molar-refractivity contribution < 1.29 is 19.1 Å². The lowest BCUT2D eigenvalue weighted by Crippen LogP contribution is -1.87. The molecule has 0 aromatic rings. The van der Waals surface area contributed by atoms with Crippen molar-refractivity contribution in [2.45, 2.75) is 19.3 Å². The number of hydrogen-bond donors (Lipinski definition) is 2. The molecule has 0 amide bonds. The number of carbonyl (C=O) groups excluding carboxylic acids is 1. The molecule has 0 aliphatic carbocycles. The Morgan fingerprint density at radius 3 is 2.30 bits per heavy atom. The Morgan fingerprint density at radius 1 is 1.30 bits per heavy atom. The first-order valence-corrected chi connectivity index (χ1v) is 4.84. The van der Waals surface area contributed by atoms with E-state index in [1.807, 2.05) is 0 Å². The van der Waals surface area contributed by atoms with E-state index in [1.54, 1.807) is 0 Å². The van der Waals surface area contributed by atoms with Crippen molar-refractivity contribution in [3.63, 3.8) is 0 Å². The lowest BCUT2D eigenvalue weighted by molar-refractivity contribution is -0.107. The summed E-state index contributed by atoms with van der Waals surface area (Å²) in [7, 11) is -3.82. The molecule has 0 fully saturated rings. The molecule has 0 aromatic heterocycles. The van der Waals surface area contributed by atoms with Gasteiger partial charge in [-0.25, -0.2) is 0 Å². The van der Waals surface area contributed by atoms with Crippen LogP contribution in [-0.4, -0.2) is 22.2 Å². The first-order valence-electron chi connectivity index (χ1n) is 3.04. The second-order valence-corrected chi connectivity index (χ2v) is 3.83. The monoisotopic (exact) mass is 166 g/mol. The first kappa shape index (κ1) is 9.82. The van der Waals surface area contributed by atoms with Crippen molar-refractivity contribution >= 4 is 13.9 Å². The van der Waals surface area contributed by atoms with Gasteiger partial charge in [0.15, 0.2) is 0 Å². The Morgan fingerprint density at radius 2 is 1.90 bits per heavy atom. The highest BCUT2D eigenvalue weighted by atomic mass is 31.2. The highest BCUT2D eigenvalue weighted by Crippen LogP contribution is 2.35. The highest BCUT2D eigenvalue weighted by Gasteiger charge is 2.10. The molecule has 0 aromatic carbocycles. The molecule has 0 bridgehead atoms. The van der Waals surface area contributed by atoms with Gasteiger partial charge in [-0.2, -0.15) is 0 Å². The number of unbranched alkanes of at least 4 members (excludes halogenated alkanes) is 2. The lowest BCUT2D eigenvalue weighted by Gasteiger charge is -2.00. The predicted molar refractivity (Wildman–Crippen MR) is 36.8 cm³/mol. The molecule has 0 aliphatic rings. The largest absolute Gasteiger partial charge is 0.325 e. The summed E-state index contributed by atoms with van der Waals surface area (Å²) in [6, 6.07) is 0. The summed E-state index contributed by atoms with van der Waals surface area (Å²) in [5.41, 5.74) is 0. The fourth-order valence-corrected chi connectivity index (χ4v) is 1.18. The van der Waals surface area contributed by atoms with Gasteiger partial charge in [0.25, 0.3) is 0 Å². The van der Waals surface area contributed by atoms with Gasteiger partial charge in [-0.1, -0.05) is 0 Å². The fraction of sp³-hybridized carbons (Fsp3) is 0.800. The summed E-state index contributed by atoms with van der Waals surface area (Å²) < 4.78 is 10.2. The molecule has 0 saturated carbocycles. The molecule has 0 heterocycles. The van der Waals surface area contributed by atoms with Gasteiger partial charge in [0.1, 0.15) is 6.29 Å². The molecular formula is C5H11O4P. The summed E-state index contributed by atoms with van der Waals surface area (Å²) >= 11 is 0. The Kier molecular flexibility index (Phi) is 4.52. The Bertz CT molecular complexity index is 139. The van der Waals surface area contributed by atoms with Crippen LogP contribution in [0, 0.1) is 0 Å². The third-order valence-corrected chi connectivity index (χ3v) is 1.92. The maximum Gasteiger partial charge on any atom is 0.325 e. The molecule has 4 nitrogen and oxygen atoms in total. The zero-order valence-electron chi connectivity index (χ0n) is 5.56. The van der Waals surface area contributed by atoms with E-state index in [9.17, 15) is 9.36 Å². The van der Waals surface area contributed by atoms with Gasteiger partial charge in [-0.15, -0.1) is 0 Å². The van der Waals surface area contributed by atoms with Crippen LogP contribution in [-0.2, 0) is 9.36 Å². The molecular weight excluding hydrogens is 155 g/mol. The minimum absolute atomic E-state index is 0.110. The Hall–Kier alpha value is -0.180. The SMILES string of the molecule is O=CCCCCP(=O)(O)O. The molecule has 0 atom stereocenters. The van der Waals surface area contributed by atoms with Gasteiger partial charge in [-0.3, -0.25) is 4.57 Å². The smallest absolute Gasteiger partial charge is 0.324 e. The molecule has 0 spiro atoms. The van der Waals surface area contributed by atoms with Crippen LogP contribution >= 0.6 is 7.60 Å². The topological polar surface area (TPSA) is 74.6 Å². The van der Waals surface area contributed by atoms with Crippen molar-refractivity contribution in [2.75, 3.05) is 6.16 Å². The fourth-order valence-electron chi connectivity index (χ4n) is 0.545. The van der Waals surface area contributed by atoms with Crippen molar-refractivity contribution in [1.82, 2.24) is 0 Å². The van der Waals surface area contributed by atoms with E-state index >= 15 is 0 Å². The van der Waals surface area contributed by atoms with E-state index < -0.39 is 7.60 Å². The zero-order chi connectivity index (χ0) is 8.04. The normalized spacial score (nSPS) is 11.4. The quantitative estimate of drug-likeness (QED) is 0.355. The van der Waals surface area contributed by atoms with Gasteiger partial charge in [0, 0.05) is 12.6 Å². The van der Waals surface area contributed by atoms with Gasteiger partial charge in [0.2, 0.25) is 0 Å². The number of aldehydes is 1. The van der Waals surface area contributed by atoms with Crippen LogP contribution in [0.1, 0.15) is 19.3 Å². The highest BCUT2D eigenvalue weighted by molar-refractivity contribution is 7.51. The van der Waals surface area contributed by atoms with Gasteiger partial charge < -0.3 is 14.6 Å². The third kappa shape index (κ3) is 7.82. The van der Waals surface area contributed by atoms with Crippen LogP contribution in [0.25, 0.3) is 0 Å². The van der Waals surface area contributed by atoms with Crippen LogP contribution < -0.4 is 0 Å². The predicted octanol–water partition coefficient (Wildman–Crippen LogP) is 0.533. The Labute approximate surface area is 59.4 Å². The molecule has 5 heteroatoms. The van der Waals surface area contributed by atoms with Gasteiger partial charge in [-0.05, 0) is 12.8 Å². The van der Waals surface area contributed by atoms with Crippen LogP contribution in [0.15, 0.2) is 0 Å². The van der Waals surface area contributed by atoms with Crippen LogP contribution in [0.5, 0.6) is 0 Å².